The summed E-state index contributed by atoms with van der Waals surface area (Å²) in [6.45, 7) is 0. The maximum absolute atomic E-state index is 4.78. The Hall–Kier alpha value is -2.74. The minimum absolute atomic E-state index is 1.10. The van der Waals surface area contributed by atoms with Gasteiger partial charge in [0.25, 0.3) is 0 Å². The number of unbranched alkanes of at least 4 members (excludes halogenated alkanes) is 7. The van der Waals surface area contributed by atoms with E-state index in [0.29, 0.717) is 0 Å². The van der Waals surface area contributed by atoms with Gasteiger partial charge >= 0.3 is 0 Å². The van der Waals surface area contributed by atoms with Crippen molar-refractivity contribution in [2.75, 3.05) is 0 Å². The molecule has 0 saturated carbocycles. The van der Waals surface area contributed by atoms with Crippen molar-refractivity contribution in [1.29, 1.82) is 0 Å². The Kier molecular flexibility index (Phi) is 7.44. The number of aromatic nitrogens is 2. The highest BCUT2D eigenvalue weighted by molar-refractivity contribution is 5.79. The molecule has 0 bridgehead atoms. The molecule has 0 amide bonds. The van der Waals surface area contributed by atoms with Crippen molar-refractivity contribution in [3.05, 3.63) is 84.2 Å². The van der Waals surface area contributed by atoms with Crippen LogP contribution in [0.4, 0.5) is 0 Å². The summed E-state index contributed by atoms with van der Waals surface area (Å²) in [4.78, 5) is 9.56. The van der Waals surface area contributed by atoms with Gasteiger partial charge in [-0.25, -0.2) is 0 Å². The molecule has 0 unspecified atom stereocenters. The molecule has 154 valence electrons. The number of hydrogen-bond donors (Lipinski definition) is 0. The number of aryl methyl sites for hydroxylation is 2. The standard InChI is InChI=1S/C28H32N2/c1(3-5-7-15-25-21-19-23-13-9-11-17-27(23)29-25)2-4-6-8-16-26-22-20-24-14-10-12-18-28(24)30-26/h9-14,17-22H,1-8,15-16H2. The molecule has 4 rings (SSSR count). The van der Waals surface area contributed by atoms with E-state index in [-0.39, 0.29) is 0 Å². The molecule has 0 aliphatic heterocycles. The highest BCUT2D eigenvalue weighted by Gasteiger charge is 2.00. The second-order valence-electron chi connectivity index (χ2n) is 8.32. The third kappa shape index (κ3) is 5.89. The number of fused-ring (bicyclic) bond motifs is 2. The molecule has 2 heteroatoms. The monoisotopic (exact) mass is 396 g/mol. The van der Waals surface area contributed by atoms with Gasteiger partial charge in [0, 0.05) is 22.2 Å². The van der Waals surface area contributed by atoms with Crippen LogP contribution in [0.3, 0.4) is 0 Å². The third-order valence-electron chi connectivity index (χ3n) is 5.93. The number of para-hydroxylation sites is 2. The number of pyridine rings is 2. The van der Waals surface area contributed by atoms with Gasteiger partial charge in [-0.1, -0.05) is 87.1 Å². The van der Waals surface area contributed by atoms with Crippen molar-refractivity contribution in [2.24, 2.45) is 0 Å². The van der Waals surface area contributed by atoms with Crippen LogP contribution in [0, 0.1) is 0 Å². The Morgan fingerprint density at radius 3 is 1.27 bits per heavy atom. The molecule has 0 radical (unpaired) electrons. The zero-order chi connectivity index (χ0) is 20.4. The lowest BCUT2D eigenvalue weighted by Crippen LogP contribution is -1.92. The van der Waals surface area contributed by atoms with Crippen LogP contribution in [0.1, 0.15) is 62.8 Å². The molecule has 0 atom stereocenters. The Balaban J connectivity index is 1.05. The summed E-state index contributed by atoms with van der Waals surface area (Å²) in [7, 11) is 0. The molecule has 30 heavy (non-hydrogen) atoms. The van der Waals surface area contributed by atoms with Gasteiger partial charge in [0.15, 0.2) is 0 Å². The maximum atomic E-state index is 4.78. The molecule has 2 heterocycles. The van der Waals surface area contributed by atoms with Crippen LogP contribution in [0.25, 0.3) is 21.8 Å². The second kappa shape index (κ2) is 10.9. The molecule has 2 aromatic carbocycles. The fraction of sp³-hybridized carbons (Fsp3) is 0.357. The normalized spacial score (nSPS) is 11.3. The Bertz CT molecular complexity index is 983. The lowest BCUT2D eigenvalue weighted by Gasteiger charge is -2.05. The zero-order valence-corrected chi connectivity index (χ0v) is 17.9. The van der Waals surface area contributed by atoms with Gasteiger partial charge in [-0.2, -0.15) is 0 Å². The van der Waals surface area contributed by atoms with Crippen LogP contribution in [0.5, 0.6) is 0 Å². The minimum atomic E-state index is 1.10. The molecule has 0 aliphatic rings. The van der Waals surface area contributed by atoms with Gasteiger partial charge in [0.1, 0.15) is 0 Å². The molecule has 0 saturated heterocycles. The first-order chi connectivity index (χ1) is 14.9. The predicted octanol–water partition coefficient (Wildman–Crippen LogP) is 7.69. The van der Waals surface area contributed by atoms with Crippen LogP contribution in [-0.2, 0) is 12.8 Å². The van der Waals surface area contributed by atoms with E-state index < -0.39 is 0 Å². The summed E-state index contributed by atoms with van der Waals surface area (Å²) in [5.41, 5.74) is 4.70. The van der Waals surface area contributed by atoms with Crippen molar-refractivity contribution in [3.8, 4) is 0 Å². The van der Waals surface area contributed by atoms with Crippen LogP contribution in [0.15, 0.2) is 72.8 Å². The molecule has 4 aromatic rings. The van der Waals surface area contributed by atoms with Gasteiger partial charge in [-0.3, -0.25) is 9.97 Å². The highest BCUT2D eigenvalue weighted by atomic mass is 14.7. The van der Waals surface area contributed by atoms with Crippen LogP contribution >= 0.6 is 0 Å². The summed E-state index contributed by atoms with van der Waals surface area (Å²) >= 11 is 0. The van der Waals surface area contributed by atoms with E-state index in [1.807, 2.05) is 0 Å². The van der Waals surface area contributed by atoms with Crippen molar-refractivity contribution in [3.63, 3.8) is 0 Å². The SMILES string of the molecule is c1ccc2nc(CCCCCCCCCCc3ccc4ccccc4n3)ccc2c1. The molecule has 0 aliphatic carbocycles. The summed E-state index contributed by atoms with van der Waals surface area (Å²) in [5.74, 6) is 0. The Morgan fingerprint density at radius 2 is 0.800 bits per heavy atom. The van der Waals surface area contributed by atoms with E-state index in [1.54, 1.807) is 0 Å². The van der Waals surface area contributed by atoms with Crippen LogP contribution in [-0.4, -0.2) is 9.97 Å². The quantitative estimate of drug-likeness (QED) is 0.243. The van der Waals surface area contributed by atoms with Gasteiger partial charge in [0.05, 0.1) is 11.0 Å². The van der Waals surface area contributed by atoms with Crippen molar-refractivity contribution in [1.82, 2.24) is 9.97 Å². The Morgan fingerprint density at radius 1 is 0.400 bits per heavy atom. The van der Waals surface area contributed by atoms with E-state index in [0.717, 1.165) is 23.9 Å². The number of rotatable bonds is 11. The average Bonchev–Trinajstić information content (AvgIpc) is 2.80. The molecule has 0 N–H and O–H groups in total. The van der Waals surface area contributed by atoms with E-state index in [9.17, 15) is 0 Å². The van der Waals surface area contributed by atoms with Gasteiger partial charge in [-0.05, 0) is 49.9 Å². The zero-order valence-electron chi connectivity index (χ0n) is 17.9. The summed E-state index contributed by atoms with van der Waals surface area (Å²) in [6, 6.07) is 25.5. The number of hydrogen-bond acceptors (Lipinski definition) is 2. The smallest absolute Gasteiger partial charge is 0.0705 e. The highest BCUT2D eigenvalue weighted by Crippen LogP contribution is 2.16. The molecule has 2 aromatic heterocycles. The van der Waals surface area contributed by atoms with E-state index in [2.05, 4.69) is 72.8 Å². The van der Waals surface area contributed by atoms with Crippen LogP contribution < -0.4 is 0 Å². The fourth-order valence-electron chi connectivity index (χ4n) is 4.17. The first kappa shape index (κ1) is 20.5. The second-order valence-corrected chi connectivity index (χ2v) is 8.32. The molecular weight excluding hydrogens is 364 g/mol. The predicted molar refractivity (Wildman–Crippen MR) is 128 cm³/mol. The van der Waals surface area contributed by atoms with Crippen molar-refractivity contribution < 1.29 is 0 Å². The summed E-state index contributed by atoms with van der Waals surface area (Å²) in [5, 5.41) is 2.47. The molecule has 0 spiro atoms. The van der Waals surface area contributed by atoms with Crippen molar-refractivity contribution >= 4 is 21.8 Å². The molecule has 0 fully saturated rings. The Labute approximate surface area is 180 Å². The van der Waals surface area contributed by atoms with E-state index in [1.165, 1.54) is 73.5 Å². The lowest BCUT2D eigenvalue weighted by atomic mass is 10.0. The summed E-state index contributed by atoms with van der Waals surface area (Å²) < 4.78 is 0. The van der Waals surface area contributed by atoms with Gasteiger partial charge < -0.3 is 0 Å². The fourth-order valence-corrected chi connectivity index (χ4v) is 4.17. The first-order valence-electron chi connectivity index (χ1n) is 11.6. The van der Waals surface area contributed by atoms with Gasteiger partial charge in [0.2, 0.25) is 0 Å². The number of benzene rings is 2. The first-order valence-corrected chi connectivity index (χ1v) is 11.6. The van der Waals surface area contributed by atoms with E-state index in [4.69, 9.17) is 9.97 Å². The third-order valence-corrected chi connectivity index (χ3v) is 5.93. The number of nitrogens with zero attached hydrogens (tertiary/aromatic N) is 2. The van der Waals surface area contributed by atoms with E-state index >= 15 is 0 Å². The minimum Gasteiger partial charge on any atom is -0.253 e. The molecule has 2 nitrogen and oxygen atoms in total. The molecular formula is C28H32N2. The average molecular weight is 397 g/mol. The van der Waals surface area contributed by atoms with Crippen molar-refractivity contribution in [2.45, 2.75) is 64.2 Å². The topological polar surface area (TPSA) is 25.8 Å². The summed E-state index contributed by atoms with van der Waals surface area (Å²) in [6.07, 6.45) is 12.7. The maximum Gasteiger partial charge on any atom is 0.0705 e. The lowest BCUT2D eigenvalue weighted by molar-refractivity contribution is 0.565. The largest absolute Gasteiger partial charge is 0.253 e. The van der Waals surface area contributed by atoms with Crippen LogP contribution in [0.2, 0.25) is 0 Å². The van der Waals surface area contributed by atoms with Gasteiger partial charge in [-0.15, -0.1) is 0 Å².